The molecule has 0 radical (unpaired) electrons. The largest absolute Gasteiger partial charge is 0.496 e. The molecule has 0 bridgehead atoms. The van der Waals surface area contributed by atoms with E-state index in [1.54, 1.807) is 6.07 Å². The summed E-state index contributed by atoms with van der Waals surface area (Å²) in [4.78, 5) is 40.8. The number of rotatable bonds is 8. The second-order valence-electron chi connectivity index (χ2n) is 10.4. The third-order valence-electron chi connectivity index (χ3n) is 7.68. The summed E-state index contributed by atoms with van der Waals surface area (Å²) in [7, 11) is 3.05. The van der Waals surface area contributed by atoms with Crippen LogP contribution in [-0.2, 0) is 18.4 Å². The molecular weight excluding hydrogens is 537 g/mol. The SMILES string of the molecule is COc1cc(-c2cccc(-c3cccc(NC(=O)c4cncn(C)c4=O)c3C)c2C)cc(F)c1CN[C@H]1CNC(=O)C1. The van der Waals surface area contributed by atoms with Crippen LogP contribution >= 0.6 is 0 Å². The van der Waals surface area contributed by atoms with E-state index in [2.05, 4.69) is 20.9 Å². The molecule has 1 aliphatic heterocycles. The number of halogens is 1. The molecule has 1 saturated heterocycles. The van der Waals surface area contributed by atoms with Crippen molar-refractivity contribution in [1.82, 2.24) is 20.2 Å². The Hall–Kier alpha value is -4.83. The Labute approximate surface area is 242 Å². The molecule has 1 fully saturated rings. The van der Waals surface area contributed by atoms with Crippen molar-refractivity contribution in [3.63, 3.8) is 0 Å². The zero-order valence-electron chi connectivity index (χ0n) is 23.9. The Kier molecular flexibility index (Phi) is 8.17. The van der Waals surface area contributed by atoms with Crippen LogP contribution in [0.25, 0.3) is 22.3 Å². The van der Waals surface area contributed by atoms with Crippen LogP contribution in [0.3, 0.4) is 0 Å². The number of methoxy groups -OCH3 is 1. The van der Waals surface area contributed by atoms with Gasteiger partial charge < -0.3 is 25.3 Å². The van der Waals surface area contributed by atoms with E-state index in [0.717, 1.165) is 27.8 Å². The van der Waals surface area contributed by atoms with Crippen LogP contribution in [0.2, 0.25) is 0 Å². The first-order valence-corrected chi connectivity index (χ1v) is 13.6. The summed E-state index contributed by atoms with van der Waals surface area (Å²) in [6.45, 7) is 4.62. The van der Waals surface area contributed by atoms with Gasteiger partial charge >= 0.3 is 0 Å². The number of nitrogens with one attached hydrogen (secondary N) is 3. The zero-order valence-corrected chi connectivity index (χ0v) is 23.9. The first-order chi connectivity index (χ1) is 20.2. The molecule has 0 unspecified atom stereocenters. The highest BCUT2D eigenvalue weighted by molar-refractivity contribution is 6.04. The molecule has 216 valence electrons. The molecule has 4 aromatic rings. The number of ether oxygens (including phenoxy) is 1. The van der Waals surface area contributed by atoms with Crippen molar-refractivity contribution in [2.75, 3.05) is 19.0 Å². The highest BCUT2D eigenvalue weighted by Gasteiger charge is 2.23. The summed E-state index contributed by atoms with van der Waals surface area (Å²) in [6.07, 6.45) is 2.97. The van der Waals surface area contributed by atoms with Crippen LogP contribution in [0.1, 0.15) is 33.5 Å². The van der Waals surface area contributed by atoms with Crippen molar-refractivity contribution in [3.05, 3.63) is 99.5 Å². The lowest BCUT2D eigenvalue weighted by molar-refractivity contribution is -0.119. The van der Waals surface area contributed by atoms with Crippen molar-refractivity contribution >= 4 is 17.5 Å². The second kappa shape index (κ2) is 12.0. The van der Waals surface area contributed by atoms with Gasteiger partial charge in [0.2, 0.25) is 5.91 Å². The van der Waals surface area contributed by atoms with Gasteiger partial charge in [0, 0.05) is 50.0 Å². The molecule has 9 nitrogen and oxygen atoms in total. The molecule has 0 saturated carbocycles. The van der Waals surface area contributed by atoms with Gasteiger partial charge in [0.25, 0.3) is 11.5 Å². The number of anilines is 1. The molecule has 1 aliphatic rings. The number of nitrogens with zero attached hydrogens (tertiary/aromatic N) is 2. The fraction of sp³-hybridized carbons (Fsp3) is 0.250. The van der Waals surface area contributed by atoms with Gasteiger partial charge in [-0.3, -0.25) is 14.4 Å². The van der Waals surface area contributed by atoms with Crippen LogP contribution in [0.15, 0.2) is 65.8 Å². The average Bonchev–Trinajstić information content (AvgIpc) is 3.39. The number of carbonyl (C=O) groups excluding carboxylic acids is 2. The minimum absolute atomic E-state index is 0.0203. The van der Waals surface area contributed by atoms with Gasteiger partial charge in [-0.1, -0.05) is 30.3 Å². The quantitative estimate of drug-likeness (QED) is 0.294. The smallest absolute Gasteiger partial charge is 0.265 e. The predicted octanol–water partition coefficient (Wildman–Crippen LogP) is 4.11. The van der Waals surface area contributed by atoms with Gasteiger partial charge in [0.1, 0.15) is 17.1 Å². The normalized spacial score (nSPS) is 14.5. The van der Waals surface area contributed by atoms with Crippen molar-refractivity contribution in [3.8, 4) is 28.0 Å². The number of amides is 2. The Morgan fingerprint density at radius 3 is 2.52 bits per heavy atom. The molecule has 1 atom stereocenters. The second-order valence-corrected chi connectivity index (χ2v) is 10.4. The first kappa shape index (κ1) is 28.7. The lowest BCUT2D eigenvalue weighted by Gasteiger charge is -2.18. The number of benzene rings is 3. The summed E-state index contributed by atoms with van der Waals surface area (Å²) in [5.41, 5.74) is 5.53. The molecule has 0 aliphatic carbocycles. The van der Waals surface area contributed by atoms with Gasteiger partial charge in [-0.25, -0.2) is 9.37 Å². The monoisotopic (exact) mass is 569 g/mol. The third kappa shape index (κ3) is 5.66. The Morgan fingerprint density at radius 2 is 1.81 bits per heavy atom. The minimum atomic E-state index is -0.539. The third-order valence-corrected chi connectivity index (χ3v) is 7.68. The van der Waals surface area contributed by atoms with Crippen LogP contribution < -0.4 is 26.2 Å². The molecule has 3 aromatic carbocycles. The summed E-state index contributed by atoms with van der Waals surface area (Å²) < 4.78 is 22.3. The van der Waals surface area contributed by atoms with E-state index in [4.69, 9.17) is 4.74 Å². The topological polar surface area (TPSA) is 114 Å². The average molecular weight is 570 g/mol. The highest BCUT2D eigenvalue weighted by Crippen LogP contribution is 2.37. The minimum Gasteiger partial charge on any atom is -0.496 e. The number of hydrogen-bond acceptors (Lipinski definition) is 6. The fourth-order valence-corrected chi connectivity index (χ4v) is 5.27. The number of hydrogen-bond donors (Lipinski definition) is 3. The number of carbonyl (C=O) groups is 2. The molecule has 1 aromatic heterocycles. The fourth-order valence-electron chi connectivity index (χ4n) is 5.27. The van der Waals surface area contributed by atoms with Crippen molar-refractivity contribution in [2.24, 2.45) is 7.05 Å². The van der Waals surface area contributed by atoms with Gasteiger partial charge in [-0.15, -0.1) is 0 Å². The number of aromatic nitrogens is 2. The van der Waals surface area contributed by atoms with E-state index >= 15 is 4.39 Å². The molecule has 42 heavy (non-hydrogen) atoms. The summed E-state index contributed by atoms with van der Waals surface area (Å²) >= 11 is 0. The Morgan fingerprint density at radius 1 is 1.10 bits per heavy atom. The molecular formula is C32H32FN5O4. The van der Waals surface area contributed by atoms with E-state index in [0.29, 0.717) is 35.5 Å². The maximum Gasteiger partial charge on any atom is 0.265 e. The Bertz CT molecular complexity index is 1750. The highest BCUT2D eigenvalue weighted by atomic mass is 19.1. The van der Waals surface area contributed by atoms with Gasteiger partial charge in [0.15, 0.2) is 0 Å². The maximum atomic E-state index is 15.4. The Balaban J connectivity index is 1.45. The van der Waals surface area contributed by atoms with Crippen LogP contribution in [-0.4, -0.2) is 41.1 Å². The summed E-state index contributed by atoms with van der Waals surface area (Å²) in [5, 5.41) is 8.85. The lowest BCUT2D eigenvalue weighted by Crippen LogP contribution is -2.30. The van der Waals surface area contributed by atoms with E-state index in [-0.39, 0.29) is 24.1 Å². The van der Waals surface area contributed by atoms with Gasteiger partial charge in [-0.2, -0.15) is 0 Å². The summed E-state index contributed by atoms with van der Waals surface area (Å²) in [5.74, 6) is -0.543. The molecule has 5 rings (SSSR count). The molecule has 0 spiro atoms. The van der Waals surface area contributed by atoms with E-state index < -0.39 is 17.3 Å². The summed E-state index contributed by atoms with van der Waals surface area (Å²) in [6, 6.07) is 14.7. The molecule has 2 amide bonds. The molecule has 3 N–H and O–H groups in total. The van der Waals surface area contributed by atoms with Crippen molar-refractivity contribution in [2.45, 2.75) is 32.9 Å². The van der Waals surface area contributed by atoms with Crippen molar-refractivity contribution < 1.29 is 18.7 Å². The predicted molar refractivity (Wildman–Crippen MR) is 159 cm³/mol. The zero-order chi connectivity index (χ0) is 30.0. The van der Waals surface area contributed by atoms with Crippen LogP contribution in [0.4, 0.5) is 10.1 Å². The lowest BCUT2D eigenvalue weighted by atomic mass is 9.90. The van der Waals surface area contributed by atoms with Crippen LogP contribution in [0.5, 0.6) is 5.75 Å². The first-order valence-electron chi connectivity index (χ1n) is 13.6. The van der Waals surface area contributed by atoms with Crippen molar-refractivity contribution in [1.29, 1.82) is 0 Å². The van der Waals surface area contributed by atoms with E-state index in [1.807, 2.05) is 50.2 Å². The maximum absolute atomic E-state index is 15.4. The van der Waals surface area contributed by atoms with E-state index in [9.17, 15) is 14.4 Å². The van der Waals surface area contributed by atoms with Gasteiger partial charge in [0.05, 0.1) is 13.4 Å². The molecule has 10 heteroatoms. The van der Waals surface area contributed by atoms with Gasteiger partial charge in [-0.05, 0) is 65.4 Å². The van der Waals surface area contributed by atoms with Crippen LogP contribution in [0, 0.1) is 19.7 Å². The number of aryl methyl sites for hydroxylation is 1. The standard InChI is InChI=1S/C32H32FN5O4/c1-18-22(20-11-27(33)25(29(12-20)42-4)16-35-21-13-30(39)36-14-21)7-5-8-23(18)24-9-6-10-28(19(24)2)37-31(40)26-15-34-17-38(3)32(26)41/h5-12,15,17,21,35H,13-14,16H2,1-4H3,(H,36,39)(H,37,40)/t21-/m1/s1. The van der Waals surface area contributed by atoms with E-state index in [1.165, 1.54) is 37.3 Å². The molecule has 2 heterocycles.